The largest absolute Gasteiger partial charge is 0.481 e. The zero-order chi connectivity index (χ0) is 15.3. The number of rotatable bonds is 2. The van der Waals surface area contributed by atoms with Gasteiger partial charge in [-0.25, -0.2) is 0 Å². The number of benzene rings is 1. The van der Waals surface area contributed by atoms with Crippen molar-refractivity contribution in [3.63, 3.8) is 0 Å². The van der Waals surface area contributed by atoms with E-state index in [2.05, 4.69) is 20.9 Å². The number of aromatic amines is 1. The number of nitrogens with one attached hydrogen (secondary N) is 1. The van der Waals surface area contributed by atoms with Gasteiger partial charge in [0.25, 0.3) is 0 Å². The summed E-state index contributed by atoms with van der Waals surface area (Å²) in [6.07, 6.45) is -4.65. The van der Waals surface area contributed by atoms with Gasteiger partial charge in [0, 0.05) is 20.9 Å². The lowest BCUT2D eigenvalue weighted by Gasteiger charge is -2.21. The Labute approximate surface area is 120 Å². The first-order valence-electron chi connectivity index (χ1n) is 5.67. The first-order chi connectivity index (χ1) is 9.05. The number of aromatic nitrogens is 1. The van der Waals surface area contributed by atoms with E-state index in [1.165, 1.54) is 26.0 Å². The Hall–Kier alpha value is -1.50. The number of hydrogen-bond acceptors (Lipinski definition) is 1. The number of aliphatic carboxylic acids is 1. The predicted molar refractivity (Wildman–Crippen MR) is 71.7 cm³/mol. The molecule has 2 aromatic rings. The van der Waals surface area contributed by atoms with Crippen molar-refractivity contribution < 1.29 is 23.1 Å². The molecule has 0 amide bonds. The third-order valence-electron chi connectivity index (χ3n) is 3.20. The maximum Gasteiger partial charge on any atom is 0.431 e. The predicted octanol–water partition coefficient (Wildman–Crippen LogP) is 4.31. The number of H-pyrrole nitrogens is 1. The molecule has 1 aromatic carbocycles. The van der Waals surface area contributed by atoms with Crippen LogP contribution in [-0.2, 0) is 16.4 Å². The van der Waals surface area contributed by atoms with Crippen molar-refractivity contribution >= 4 is 32.8 Å². The SMILES string of the molecule is CC(C)(C(=O)O)c1c(C(F)(F)F)[nH]c2ccc(Br)cc12. The molecule has 0 radical (unpaired) electrons. The highest BCUT2D eigenvalue weighted by atomic mass is 79.9. The van der Waals surface area contributed by atoms with E-state index in [0.29, 0.717) is 4.47 Å². The van der Waals surface area contributed by atoms with Crippen molar-refractivity contribution in [2.45, 2.75) is 25.4 Å². The maximum absolute atomic E-state index is 13.1. The molecule has 1 heterocycles. The first-order valence-corrected chi connectivity index (χ1v) is 6.46. The molecule has 0 saturated heterocycles. The Kier molecular flexibility index (Phi) is 3.36. The van der Waals surface area contributed by atoms with Crippen LogP contribution in [0.5, 0.6) is 0 Å². The van der Waals surface area contributed by atoms with E-state index in [-0.39, 0.29) is 16.5 Å². The van der Waals surface area contributed by atoms with Crippen LogP contribution in [0.1, 0.15) is 25.1 Å². The zero-order valence-electron chi connectivity index (χ0n) is 10.6. The summed E-state index contributed by atoms with van der Waals surface area (Å²) in [4.78, 5) is 13.6. The minimum absolute atomic E-state index is 0.249. The lowest BCUT2D eigenvalue weighted by atomic mass is 9.82. The maximum atomic E-state index is 13.1. The van der Waals surface area contributed by atoms with Gasteiger partial charge < -0.3 is 10.1 Å². The summed E-state index contributed by atoms with van der Waals surface area (Å²) in [6, 6.07) is 4.56. The number of hydrogen-bond donors (Lipinski definition) is 2. The van der Waals surface area contributed by atoms with E-state index in [1.54, 1.807) is 6.07 Å². The summed E-state index contributed by atoms with van der Waals surface area (Å²) >= 11 is 3.19. The van der Waals surface area contributed by atoms with Crippen molar-refractivity contribution in [2.24, 2.45) is 0 Å². The second-order valence-electron chi connectivity index (χ2n) is 4.99. The molecule has 0 aliphatic carbocycles. The summed E-state index contributed by atoms with van der Waals surface area (Å²) in [5.74, 6) is -1.32. The van der Waals surface area contributed by atoms with Crippen LogP contribution in [0.25, 0.3) is 10.9 Å². The van der Waals surface area contributed by atoms with Crippen LogP contribution in [0.15, 0.2) is 22.7 Å². The van der Waals surface area contributed by atoms with Crippen LogP contribution < -0.4 is 0 Å². The van der Waals surface area contributed by atoms with Gasteiger partial charge in [0.1, 0.15) is 5.69 Å². The highest BCUT2D eigenvalue weighted by Crippen LogP contribution is 2.42. The molecule has 2 rings (SSSR count). The average molecular weight is 350 g/mol. The Morgan fingerprint density at radius 1 is 1.30 bits per heavy atom. The van der Waals surface area contributed by atoms with Crippen molar-refractivity contribution in [1.29, 1.82) is 0 Å². The lowest BCUT2D eigenvalue weighted by Crippen LogP contribution is -2.31. The van der Waals surface area contributed by atoms with Gasteiger partial charge in [0.15, 0.2) is 0 Å². The second kappa shape index (κ2) is 4.51. The van der Waals surface area contributed by atoms with Gasteiger partial charge in [0.2, 0.25) is 0 Å². The fraction of sp³-hybridized carbons (Fsp3) is 0.308. The molecule has 108 valence electrons. The van der Waals surface area contributed by atoms with E-state index in [0.717, 1.165) is 0 Å². The molecule has 0 fully saturated rings. The van der Waals surface area contributed by atoms with Gasteiger partial charge in [-0.1, -0.05) is 15.9 Å². The first kappa shape index (κ1) is 14.9. The van der Waals surface area contributed by atoms with Crippen LogP contribution in [0.3, 0.4) is 0 Å². The number of carboxylic acids is 1. The van der Waals surface area contributed by atoms with Crippen LogP contribution in [0, 0.1) is 0 Å². The van der Waals surface area contributed by atoms with E-state index in [1.807, 2.05) is 0 Å². The number of alkyl halides is 3. The highest BCUT2D eigenvalue weighted by molar-refractivity contribution is 9.10. The van der Waals surface area contributed by atoms with E-state index < -0.39 is 23.3 Å². The summed E-state index contributed by atoms with van der Waals surface area (Å²) in [5.41, 5.74) is -2.68. The summed E-state index contributed by atoms with van der Waals surface area (Å²) < 4.78 is 40.0. The van der Waals surface area contributed by atoms with Gasteiger partial charge in [-0.2, -0.15) is 13.2 Å². The third kappa shape index (κ3) is 2.30. The Morgan fingerprint density at radius 3 is 2.40 bits per heavy atom. The summed E-state index contributed by atoms with van der Waals surface area (Å²) in [6.45, 7) is 2.52. The molecule has 1 aromatic heterocycles. The van der Waals surface area contributed by atoms with Crippen molar-refractivity contribution in [3.8, 4) is 0 Å². The minimum atomic E-state index is -4.65. The van der Waals surface area contributed by atoms with Gasteiger partial charge in [-0.05, 0) is 32.0 Å². The summed E-state index contributed by atoms with van der Waals surface area (Å²) in [7, 11) is 0. The quantitative estimate of drug-likeness (QED) is 0.848. The molecule has 7 heteroatoms. The van der Waals surface area contributed by atoms with Crippen molar-refractivity contribution in [2.75, 3.05) is 0 Å². The highest BCUT2D eigenvalue weighted by Gasteiger charge is 2.44. The molecule has 20 heavy (non-hydrogen) atoms. The van der Waals surface area contributed by atoms with Crippen molar-refractivity contribution in [3.05, 3.63) is 33.9 Å². The fourth-order valence-corrected chi connectivity index (χ4v) is 2.49. The molecular formula is C13H11BrF3NO2. The van der Waals surface area contributed by atoms with Crippen LogP contribution >= 0.6 is 15.9 Å². The number of carboxylic acid groups (broad SMARTS) is 1. The fourth-order valence-electron chi connectivity index (χ4n) is 2.13. The second-order valence-corrected chi connectivity index (χ2v) is 5.91. The standard InChI is InChI=1S/C13H11BrF3NO2/c1-12(2,11(19)20)9-7-5-6(14)3-4-8(7)18-10(9)13(15,16)17/h3-5,18H,1-2H3,(H,19,20). The van der Waals surface area contributed by atoms with Gasteiger partial charge in [-0.15, -0.1) is 0 Å². The molecule has 3 nitrogen and oxygen atoms in total. The molecule has 0 aliphatic heterocycles. The van der Waals surface area contributed by atoms with Crippen molar-refractivity contribution in [1.82, 2.24) is 4.98 Å². The van der Waals surface area contributed by atoms with E-state index >= 15 is 0 Å². The van der Waals surface area contributed by atoms with Gasteiger partial charge in [0.05, 0.1) is 5.41 Å². The lowest BCUT2D eigenvalue weighted by molar-refractivity contribution is -0.145. The van der Waals surface area contributed by atoms with E-state index in [9.17, 15) is 23.1 Å². The topological polar surface area (TPSA) is 53.1 Å². The number of fused-ring (bicyclic) bond motifs is 1. The van der Waals surface area contributed by atoms with Crippen LogP contribution in [0.2, 0.25) is 0 Å². The zero-order valence-corrected chi connectivity index (χ0v) is 12.2. The molecule has 0 aliphatic rings. The normalized spacial score (nSPS) is 12.9. The van der Waals surface area contributed by atoms with Crippen LogP contribution in [0.4, 0.5) is 13.2 Å². The molecule has 0 atom stereocenters. The average Bonchev–Trinajstić information content (AvgIpc) is 2.67. The number of halogens is 4. The van der Waals surface area contributed by atoms with Crippen LogP contribution in [-0.4, -0.2) is 16.1 Å². The molecule has 2 N–H and O–H groups in total. The van der Waals surface area contributed by atoms with Gasteiger partial charge in [-0.3, -0.25) is 4.79 Å². The molecular weight excluding hydrogens is 339 g/mol. The molecule has 0 unspecified atom stereocenters. The van der Waals surface area contributed by atoms with Gasteiger partial charge >= 0.3 is 12.1 Å². The monoisotopic (exact) mass is 349 g/mol. The molecule has 0 spiro atoms. The third-order valence-corrected chi connectivity index (χ3v) is 3.70. The number of carbonyl (C=O) groups is 1. The Balaban J connectivity index is 2.90. The Bertz CT molecular complexity index is 689. The molecule has 0 saturated carbocycles. The summed E-state index contributed by atoms with van der Waals surface area (Å²) in [5, 5.41) is 9.49. The molecule has 0 bridgehead atoms. The smallest absolute Gasteiger partial charge is 0.431 e. The minimum Gasteiger partial charge on any atom is -0.481 e. The van der Waals surface area contributed by atoms with E-state index in [4.69, 9.17) is 0 Å². The Morgan fingerprint density at radius 2 is 1.90 bits per heavy atom.